The molecule has 1 aliphatic rings. The summed E-state index contributed by atoms with van der Waals surface area (Å²) in [6.07, 6.45) is 1.43. The first-order valence-corrected chi connectivity index (χ1v) is 8.36. The van der Waals surface area contributed by atoms with Crippen LogP contribution in [0.4, 0.5) is 10.1 Å². The van der Waals surface area contributed by atoms with Crippen LogP contribution in [0, 0.1) is 19.7 Å². The zero-order chi connectivity index (χ0) is 18.3. The van der Waals surface area contributed by atoms with Crippen LogP contribution in [0.2, 0.25) is 0 Å². The molecule has 2 heterocycles. The van der Waals surface area contributed by atoms with E-state index in [4.69, 9.17) is 0 Å². The molecule has 5 nitrogen and oxygen atoms in total. The van der Waals surface area contributed by atoms with Gasteiger partial charge in [-0.1, -0.05) is 0 Å². The standard InChI is InChI=1S/C19H22FN3O2/c1-10-9-13(6-8-15(10)20)22-19(25)17-14-7-5-11(2)21-18(24)16(14)12(3)23(17)4/h6,8-9,11H,5,7H2,1-4H3,(H,21,24)(H,22,25). The van der Waals surface area contributed by atoms with E-state index in [1.54, 1.807) is 24.6 Å². The van der Waals surface area contributed by atoms with Gasteiger partial charge in [0.05, 0.1) is 5.56 Å². The van der Waals surface area contributed by atoms with Crippen LogP contribution in [0.1, 0.15) is 51.0 Å². The summed E-state index contributed by atoms with van der Waals surface area (Å²) in [5.74, 6) is -0.739. The molecule has 0 bridgehead atoms. The van der Waals surface area contributed by atoms with Gasteiger partial charge in [0.15, 0.2) is 0 Å². The van der Waals surface area contributed by atoms with Gasteiger partial charge in [0.2, 0.25) is 0 Å². The summed E-state index contributed by atoms with van der Waals surface area (Å²) in [5.41, 5.74) is 3.61. The van der Waals surface area contributed by atoms with Gasteiger partial charge in [0.25, 0.3) is 11.8 Å². The predicted octanol–water partition coefficient (Wildman–Crippen LogP) is 3.10. The number of aromatic nitrogens is 1. The first-order chi connectivity index (χ1) is 11.8. The molecule has 0 radical (unpaired) electrons. The molecule has 1 unspecified atom stereocenters. The summed E-state index contributed by atoms with van der Waals surface area (Å²) in [5, 5.41) is 5.77. The van der Waals surface area contributed by atoms with E-state index in [2.05, 4.69) is 10.6 Å². The maximum Gasteiger partial charge on any atom is 0.272 e. The Labute approximate surface area is 146 Å². The average Bonchev–Trinajstić information content (AvgIpc) is 2.70. The number of hydrogen-bond acceptors (Lipinski definition) is 2. The molecule has 1 aromatic heterocycles. The van der Waals surface area contributed by atoms with E-state index in [9.17, 15) is 14.0 Å². The van der Waals surface area contributed by atoms with Crippen molar-refractivity contribution in [2.24, 2.45) is 7.05 Å². The van der Waals surface area contributed by atoms with Crippen molar-refractivity contribution in [1.82, 2.24) is 9.88 Å². The molecule has 1 atom stereocenters. The Kier molecular flexibility index (Phi) is 4.37. The highest BCUT2D eigenvalue weighted by molar-refractivity contribution is 6.08. The zero-order valence-corrected chi connectivity index (χ0v) is 14.9. The van der Waals surface area contributed by atoms with Crippen LogP contribution in [-0.2, 0) is 13.5 Å². The van der Waals surface area contributed by atoms with Crippen molar-refractivity contribution in [2.45, 2.75) is 39.7 Å². The van der Waals surface area contributed by atoms with E-state index in [-0.39, 0.29) is 23.7 Å². The van der Waals surface area contributed by atoms with Gasteiger partial charge in [0.1, 0.15) is 11.5 Å². The molecule has 6 heteroatoms. The molecule has 0 aliphatic carbocycles. The van der Waals surface area contributed by atoms with Gasteiger partial charge in [-0.2, -0.15) is 0 Å². The number of aryl methyl sites for hydroxylation is 1. The molecule has 25 heavy (non-hydrogen) atoms. The quantitative estimate of drug-likeness (QED) is 0.880. The minimum Gasteiger partial charge on any atom is -0.350 e. The van der Waals surface area contributed by atoms with Gasteiger partial charge in [0, 0.05) is 24.5 Å². The number of anilines is 1. The van der Waals surface area contributed by atoms with Gasteiger partial charge in [-0.3, -0.25) is 9.59 Å². The van der Waals surface area contributed by atoms with Crippen LogP contribution in [0.15, 0.2) is 18.2 Å². The summed E-state index contributed by atoms with van der Waals surface area (Å²) in [6.45, 7) is 5.45. The highest BCUT2D eigenvalue weighted by atomic mass is 19.1. The second-order valence-corrected chi connectivity index (χ2v) is 6.68. The topological polar surface area (TPSA) is 63.1 Å². The maximum atomic E-state index is 13.4. The van der Waals surface area contributed by atoms with Crippen LogP contribution in [0.5, 0.6) is 0 Å². The number of nitrogens with zero attached hydrogens (tertiary/aromatic N) is 1. The van der Waals surface area contributed by atoms with Crippen molar-refractivity contribution in [3.63, 3.8) is 0 Å². The molecule has 2 aromatic rings. The monoisotopic (exact) mass is 343 g/mol. The third-order valence-corrected chi connectivity index (χ3v) is 4.85. The van der Waals surface area contributed by atoms with Gasteiger partial charge < -0.3 is 15.2 Å². The van der Waals surface area contributed by atoms with E-state index in [0.29, 0.717) is 28.9 Å². The van der Waals surface area contributed by atoms with Crippen molar-refractivity contribution < 1.29 is 14.0 Å². The first-order valence-electron chi connectivity index (χ1n) is 8.36. The molecule has 0 spiro atoms. The lowest BCUT2D eigenvalue weighted by molar-refractivity contribution is 0.0941. The lowest BCUT2D eigenvalue weighted by Crippen LogP contribution is -2.31. The van der Waals surface area contributed by atoms with E-state index < -0.39 is 0 Å². The number of amides is 2. The van der Waals surface area contributed by atoms with Crippen molar-refractivity contribution in [3.05, 3.63) is 52.1 Å². The Morgan fingerprint density at radius 1 is 1.36 bits per heavy atom. The fraction of sp³-hybridized carbons (Fsp3) is 0.368. The number of hydrogen-bond donors (Lipinski definition) is 2. The molecule has 2 N–H and O–H groups in total. The number of nitrogens with one attached hydrogen (secondary N) is 2. The molecular weight excluding hydrogens is 321 g/mol. The number of benzene rings is 1. The Morgan fingerprint density at radius 2 is 2.08 bits per heavy atom. The minimum absolute atomic E-state index is 0.0697. The van der Waals surface area contributed by atoms with Gasteiger partial charge >= 0.3 is 0 Å². The van der Waals surface area contributed by atoms with Crippen molar-refractivity contribution >= 4 is 17.5 Å². The Balaban J connectivity index is 1.99. The number of carbonyl (C=O) groups is 2. The molecule has 0 saturated heterocycles. The van der Waals surface area contributed by atoms with Crippen LogP contribution < -0.4 is 10.6 Å². The third kappa shape index (κ3) is 3.04. The lowest BCUT2D eigenvalue weighted by atomic mass is 10.0. The molecule has 0 saturated carbocycles. The number of fused-ring (bicyclic) bond motifs is 1. The highest BCUT2D eigenvalue weighted by Gasteiger charge is 2.30. The fourth-order valence-corrected chi connectivity index (χ4v) is 3.35. The molecule has 1 aliphatic heterocycles. The summed E-state index contributed by atoms with van der Waals surface area (Å²) < 4.78 is 15.2. The second kappa shape index (κ2) is 6.35. The number of carbonyl (C=O) groups excluding carboxylic acids is 2. The Bertz CT molecular complexity index is 870. The number of rotatable bonds is 2. The zero-order valence-electron chi connectivity index (χ0n) is 14.9. The molecule has 132 valence electrons. The Hall–Kier alpha value is -2.63. The van der Waals surface area contributed by atoms with Gasteiger partial charge in [-0.15, -0.1) is 0 Å². The number of halogens is 1. The van der Waals surface area contributed by atoms with Gasteiger partial charge in [-0.25, -0.2) is 4.39 Å². The summed E-state index contributed by atoms with van der Waals surface area (Å²) in [4.78, 5) is 25.3. The van der Waals surface area contributed by atoms with E-state index >= 15 is 0 Å². The second-order valence-electron chi connectivity index (χ2n) is 6.68. The van der Waals surface area contributed by atoms with Crippen molar-refractivity contribution in [2.75, 3.05) is 5.32 Å². The maximum absolute atomic E-state index is 13.4. The van der Waals surface area contributed by atoms with Crippen LogP contribution in [-0.4, -0.2) is 22.4 Å². The first kappa shape index (κ1) is 17.2. The van der Waals surface area contributed by atoms with Crippen LogP contribution in [0.25, 0.3) is 0 Å². The van der Waals surface area contributed by atoms with Crippen molar-refractivity contribution in [1.29, 1.82) is 0 Å². The van der Waals surface area contributed by atoms with E-state index in [1.807, 2.05) is 13.8 Å². The van der Waals surface area contributed by atoms with Crippen LogP contribution in [0.3, 0.4) is 0 Å². The van der Waals surface area contributed by atoms with Crippen LogP contribution >= 0.6 is 0 Å². The summed E-state index contributed by atoms with van der Waals surface area (Å²) in [6, 6.07) is 4.52. The third-order valence-electron chi connectivity index (χ3n) is 4.85. The minimum atomic E-state index is -0.313. The lowest BCUT2D eigenvalue weighted by Gasteiger charge is -2.12. The predicted molar refractivity (Wildman–Crippen MR) is 94.5 cm³/mol. The molecular formula is C19H22FN3O2. The summed E-state index contributed by atoms with van der Waals surface area (Å²) >= 11 is 0. The molecule has 3 rings (SSSR count). The molecule has 1 aromatic carbocycles. The largest absolute Gasteiger partial charge is 0.350 e. The molecule has 2 amide bonds. The van der Waals surface area contributed by atoms with E-state index in [0.717, 1.165) is 17.7 Å². The Morgan fingerprint density at radius 3 is 2.76 bits per heavy atom. The normalized spacial score (nSPS) is 16.8. The average molecular weight is 343 g/mol. The van der Waals surface area contributed by atoms with E-state index in [1.165, 1.54) is 12.1 Å². The fourth-order valence-electron chi connectivity index (χ4n) is 3.35. The highest BCUT2D eigenvalue weighted by Crippen LogP contribution is 2.27. The van der Waals surface area contributed by atoms with Gasteiger partial charge in [-0.05, 0) is 62.9 Å². The summed E-state index contributed by atoms with van der Waals surface area (Å²) in [7, 11) is 1.78. The van der Waals surface area contributed by atoms with Crippen molar-refractivity contribution in [3.8, 4) is 0 Å². The smallest absolute Gasteiger partial charge is 0.272 e. The molecule has 0 fully saturated rings. The SMILES string of the molecule is Cc1cc(NC(=O)c2c3c(c(C)n2C)C(=O)NC(C)CC3)ccc1F.